The molecule has 1 saturated carbocycles. The lowest BCUT2D eigenvalue weighted by atomic mass is 9.96. The molecule has 7 heteroatoms. The topological polar surface area (TPSA) is 77.8 Å². The fourth-order valence-corrected chi connectivity index (χ4v) is 4.15. The van der Waals surface area contributed by atoms with E-state index < -0.39 is 0 Å². The predicted molar refractivity (Wildman–Crippen MR) is 99.5 cm³/mol. The van der Waals surface area contributed by atoms with Gasteiger partial charge in [-0.05, 0) is 30.5 Å². The Kier molecular flexibility index (Phi) is 5.35. The standard InChI is InChI=1S/C20H26N4O3/c21-13-17(15-6-7-18-19(12-15)27-14-26-18)23-8-10-24(11-9-23)20(25)22-16-4-2-1-3-5-16/h6-7,12,16-17H,1-5,8-11,14H2,(H,22,25). The van der Waals surface area contributed by atoms with E-state index in [1.165, 1.54) is 19.3 Å². The normalized spacial score (nSPS) is 21.5. The lowest BCUT2D eigenvalue weighted by Gasteiger charge is -2.37. The van der Waals surface area contributed by atoms with Crippen molar-refractivity contribution in [3.63, 3.8) is 0 Å². The van der Waals surface area contributed by atoms with Crippen molar-refractivity contribution in [1.29, 1.82) is 5.26 Å². The third kappa shape index (κ3) is 3.96. The van der Waals surface area contributed by atoms with Crippen LogP contribution in [0.5, 0.6) is 11.5 Å². The molecule has 7 nitrogen and oxygen atoms in total. The van der Waals surface area contributed by atoms with Crippen molar-refractivity contribution in [3.05, 3.63) is 23.8 Å². The van der Waals surface area contributed by atoms with Crippen LogP contribution >= 0.6 is 0 Å². The molecule has 2 aliphatic heterocycles. The monoisotopic (exact) mass is 370 g/mol. The zero-order valence-electron chi connectivity index (χ0n) is 15.5. The lowest BCUT2D eigenvalue weighted by Crippen LogP contribution is -2.54. The third-order valence-corrected chi connectivity index (χ3v) is 5.73. The minimum atomic E-state index is -0.344. The minimum absolute atomic E-state index is 0.0399. The first-order valence-electron chi connectivity index (χ1n) is 9.83. The van der Waals surface area contributed by atoms with E-state index in [1.54, 1.807) is 0 Å². The highest BCUT2D eigenvalue weighted by atomic mass is 16.7. The van der Waals surface area contributed by atoms with E-state index >= 15 is 0 Å². The van der Waals surface area contributed by atoms with Gasteiger partial charge in [0.25, 0.3) is 0 Å². The van der Waals surface area contributed by atoms with Crippen LogP contribution in [0.4, 0.5) is 4.79 Å². The molecule has 3 aliphatic rings. The molecule has 1 saturated heterocycles. The minimum Gasteiger partial charge on any atom is -0.454 e. The number of amides is 2. The summed E-state index contributed by atoms with van der Waals surface area (Å²) in [6.45, 7) is 2.88. The van der Waals surface area contributed by atoms with E-state index in [0.29, 0.717) is 38.0 Å². The van der Waals surface area contributed by atoms with Gasteiger partial charge in [-0.2, -0.15) is 5.26 Å². The van der Waals surface area contributed by atoms with Crippen molar-refractivity contribution in [2.75, 3.05) is 33.0 Å². The Morgan fingerprint density at radius 1 is 1.11 bits per heavy atom. The number of nitrogens with zero attached hydrogens (tertiary/aromatic N) is 3. The highest BCUT2D eigenvalue weighted by Gasteiger charge is 2.29. The molecule has 144 valence electrons. The van der Waals surface area contributed by atoms with Gasteiger partial charge in [0.2, 0.25) is 6.79 Å². The van der Waals surface area contributed by atoms with Gasteiger partial charge in [-0.3, -0.25) is 4.90 Å². The summed E-state index contributed by atoms with van der Waals surface area (Å²) in [7, 11) is 0. The smallest absolute Gasteiger partial charge is 0.317 e. The highest BCUT2D eigenvalue weighted by molar-refractivity contribution is 5.74. The fourth-order valence-electron chi connectivity index (χ4n) is 4.15. The number of carbonyl (C=O) groups excluding carboxylic acids is 1. The first-order chi connectivity index (χ1) is 13.2. The molecule has 4 rings (SSSR count). The Morgan fingerprint density at radius 3 is 2.59 bits per heavy atom. The number of hydrogen-bond acceptors (Lipinski definition) is 5. The van der Waals surface area contributed by atoms with Gasteiger partial charge in [0.05, 0.1) is 6.07 Å². The molecule has 1 unspecified atom stereocenters. The SMILES string of the molecule is N#CC(c1ccc2c(c1)OCO2)N1CCN(C(=O)NC2CCCCC2)CC1. The van der Waals surface area contributed by atoms with E-state index in [1.807, 2.05) is 23.1 Å². The summed E-state index contributed by atoms with van der Waals surface area (Å²) in [5.74, 6) is 1.41. The maximum Gasteiger partial charge on any atom is 0.317 e. The molecule has 1 aromatic carbocycles. The Morgan fingerprint density at radius 2 is 1.85 bits per heavy atom. The summed E-state index contributed by atoms with van der Waals surface area (Å²) >= 11 is 0. The number of hydrogen-bond donors (Lipinski definition) is 1. The number of rotatable bonds is 3. The molecular formula is C20H26N4O3. The van der Waals surface area contributed by atoms with Gasteiger partial charge >= 0.3 is 6.03 Å². The Hall–Kier alpha value is -2.46. The number of carbonyl (C=O) groups is 1. The Balaban J connectivity index is 1.33. The molecule has 1 aliphatic carbocycles. The molecule has 0 spiro atoms. The van der Waals surface area contributed by atoms with Crippen LogP contribution in [-0.2, 0) is 0 Å². The van der Waals surface area contributed by atoms with Crippen LogP contribution in [0.2, 0.25) is 0 Å². The number of urea groups is 1. The molecule has 1 atom stereocenters. The van der Waals surface area contributed by atoms with Crippen LogP contribution in [0.1, 0.15) is 43.7 Å². The van der Waals surface area contributed by atoms with Crippen molar-refractivity contribution in [2.45, 2.75) is 44.2 Å². The van der Waals surface area contributed by atoms with Crippen LogP contribution < -0.4 is 14.8 Å². The van der Waals surface area contributed by atoms with Crippen LogP contribution in [0.15, 0.2) is 18.2 Å². The lowest BCUT2D eigenvalue weighted by molar-refractivity contribution is 0.121. The van der Waals surface area contributed by atoms with Crippen molar-refractivity contribution in [2.24, 2.45) is 0 Å². The van der Waals surface area contributed by atoms with E-state index in [2.05, 4.69) is 16.3 Å². The first-order valence-corrected chi connectivity index (χ1v) is 9.83. The van der Waals surface area contributed by atoms with E-state index in [0.717, 1.165) is 24.2 Å². The molecule has 2 fully saturated rings. The van der Waals surface area contributed by atoms with Gasteiger partial charge in [-0.15, -0.1) is 0 Å². The van der Waals surface area contributed by atoms with E-state index in [-0.39, 0.29) is 18.9 Å². The molecule has 1 aromatic rings. The van der Waals surface area contributed by atoms with Crippen LogP contribution in [0, 0.1) is 11.3 Å². The highest BCUT2D eigenvalue weighted by Crippen LogP contribution is 2.35. The van der Waals surface area contributed by atoms with Crippen LogP contribution in [-0.4, -0.2) is 54.8 Å². The van der Waals surface area contributed by atoms with E-state index in [9.17, 15) is 10.1 Å². The maximum absolute atomic E-state index is 12.5. The first kappa shape index (κ1) is 17.9. The summed E-state index contributed by atoms with van der Waals surface area (Å²) in [5, 5.41) is 12.9. The molecule has 1 N–H and O–H groups in total. The van der Waals surface area contributed by atoms with Gasteiger partial charge in [0, 0.05) is 32.2 Å². The Labute approximate surface area is 159 Å². The maximum atomic E-state index is 12.5. The average Bonchev–Trinajstić information content (AvgIpc) is 3.18. The number of benzene rings is 1. The van der Waals surface area contributed by atoms with Crippen molar-refractivity contribution in [3.8, 4) is 17.6 Å². The predicted octanol–water partition coefficient (Wildman–Crippen LogP) is 2.64. The zero-order valence-corrected chi connectivity index (χ0v) is 15.5. The van der Waals surface area contributed by atoms with Gasteiger partial charge < -0.3 is 19.7 Å². The molecule has 2 heterocycles. The number of fused-ring (bicyclic) bond motifs is 1. The Bertz CT molecular complexity index is 718. The second-order valence-corrected chi connectivity index (χ2v) is 7.45. The molecule has 0 bridgehead atoms. The third-order valence-electron chi connectivity index (χ3n) is 5.73. The summed E-state index contributed by atoms with van der Waals surface area (Å²) in [4.78, 5) is 16.5. The second kappa shape index (κ2) is 8.05. The largest absolute Gasteiger partial charge is 0.454 e. The van der Waals surface area contributed by atoms with Crippen molar-refractivity contribution >= 4 is 6.03 Å². The summed E-state index contributed by atoms with van der Waals surface area (Å²) in [5.41, 5.74) is 0.904. The van der Waals surface area contributed by atoms with E-state index in [4.69, 9.17) is 9.47 Å². The quantitative estimate of drug-likeness (QED) is 0.885. The summed E-state index contributed by atoms with van der Waals surface area (Å²) in [6, 6.07) is 8.08. The number of piperazine rings is 1. The molecule has 2 amide bonds. The summed E-state index contributed by atoms with van der Waals surface area (Å²) in [6.07, 6.45) is 5.87. The zero-order chi connectivity index (χ0) is 18.6. The molecule has 0 radical (unpaired) electrons. The second-order valence-electron chi connectivity index (χ2n) is 7.45. The summed E-state index contributed by atoms with van der Waals surface area (Å²) < 4.78 is 10.8. The average molecular weight is 370 g/mol. The molecule has 0 aromatic heterocycles. The van der Waals surface area contributed by atoms with Gasteiger partial charge in [-0.25, -0.2) is 4.79 Å². The van der Waals surface area contributed by atoms with Gasteiger partial charge in [0.1, 0.15) is 6.04 Å². The molecule has 27 heavy (non-hydrogen) atoms. The molecular weight excluding hydrogens is 344 g/mol. The number of nitriles is 1. The number of nitrogens with one attached hydrogen (secondary N) is 1. The van der Waals surface area contributed by atoms with Crippen LogP contribution in [0.3, 0.4) is 0 Å². The van der Waals surface area contributed by atoms with Crippen molar-refractivity contribution in [1.82, 2.24) is 15.1 Å². The van der Waals surface area contributed by atoms with Gasteiger partial charge in [0.15, 0.2) is 11.5 Å². The van der Waals surface area contributed by atoms with Crippen molar-refractivity contribution < 1.29 is 14.3 Å². The van der Waals surface area contributed by atoms with Crippen LogP contribution in [0.25, 0.3) is 0 Å². The fraction of sp³-hybridized carbons (Fsp3) is 0.600. The van der Waals surface area contributed by atoms with Gasteiger partial charge in [-0.1, -0.05) is 25.3 Å². The number of ether oxygens (including phenoxy) is 2.